The van der Waals surface area contributed by atoms with Crippen molar-refractivity contribution in [1.82, 2.24) is 4.98 Å². The zero-order valence-electron chi connectivity index (χ0n) is 10.5. The first-order chi connectivity index (χ1) is 9.65. The van der Waals surface area contributed by atoms with E-state index in [4.69, 9.17) is 14.6 Å². The van der Waals surface area contributed by atoms with Gasteiger partial charge < -0.3 is 14.6 Å². The van der Waals surface area contributed by atoms with Gasteiger partial charge in [-0.15, -0.1) is 0 Å². The van der Waals surface area contributed by atoms with Gasteiger partial charge in [0.1, 0.15) is 24.7 Å². The normalized spacial score (nSPS) is 10.1. The molecule has 0 bridgehead atoms. The Morgan fingerprint density at radius 3 is 2.35 bits per heavy atom. The molecule has 0 unspecified atom stereocenters. The van der Waals surface area contributed by atoms with Crippen molar-refractivity contribution in [2.24, 2.45) is 0 Å². The van der Waals surface area contributed by atoms with Crippen LogP contribution in [0, 0.1) is 0 Å². The van der Waals surface area contributed by atoms with Gasteiger partial charge in [0.05, 0.1) is 11.8 Å². The standard InChI is InChI=1S/C14H12BrNO4/c15-11-7-13(9-16-8-11)20-6-5-19-12-3-1-10(2-4-12)14(17)18/h1-4,7-9H,5-6H2,(H,17,18). The van der Waals surface area contributed by atoms with Gasteiger partial charge in [0.25, 0.3) is 0 Å². The van der Waals surface area contributed by atoms with Crippen LogP contribution in [0.4, 0.5) is 0 Å². The predicted octanol–water partition coefficient (Wildman–Crippen LogP) is 3.00. The van der Waals surface area contributed by atoms with Crippen LogP contribution in [0.2, 0.25) is 0 Å². The Labute approximate surface area is 124 Å². The lowest BCUT2D eigenvalue weighted by Gasteiger charge is -2.08. The SMILES string of the molecule is O=C(O)c1ccc(OCCOc2cncc(Br)c2)cc1. The maximum Gasteiger partial charge on any atom is 0.335 e. The Morgan fingerprint density at radius 2 is 1.75 bits per heavy atom. The number of halogens is 1. The minimum atomic E-state index is -0.956. The van der Waals surface area contributed by atoms with E-state index in [0.717, 1.165) is 4.47 Å². The predicted molar refractivity (Wildman–Crippen MR) is 76.3 cm³/mol. The molecular formula is C14H12BrNO4. The lowest BCUT2D eigenvalue weighted by Crippen LogP contribution is -2.09. The molecule has 0 aliphatic rings. The van der Waals surface area contributed by atoms with Crippen LogP contribution in [0.1, 0.15) is 10.4 Å². The lowest BCUT2D eigenvalue weighted by atomic mass is 10.2. The molecule has 0 aliphatic carbocycles. The smallest absolute Gasteiger partial charge is 0.335 e. The minimum Gasteiger partial charge on any atom is -0.490 e. The highest BCUT2D eigenvalue weighted by atomic mass is 79.9. The van der Waals surface area contributed by atoms with Crippen molar-refractivity contribution in [3.8, 4) is 11.5 Å². The fourth-order valence-corrected chi connectivity index (χ4v) is 1.83. The number of pyridine rings is 1. The highest BCUT2D eigenvalue weighted by Gasteiger charge is 2.02. The number of carboxylic acid groups (broad SMARTS) is 1. The molecule has 104 valence electrons. The van der Waals surface area contributed by atoms with Gasteiger partial charge in [-0.1, -0.05) is 0 Å². The second-order valence-corrected chi connectivity index (χ2v) is 4.78. The third-order valence-corrected chi connectivity index (χ3v) is 2.84. The van der Waals surface area contributed by atoms with Crippen molar-refractivity contribution < 1.29 is 19.4 Å². The number of aromatic nitrogens is 1. The molecule has 0 radical (unpaired) electrons. The number of carbonyl (C=O) groups is 1. The molecule has 1 N–H and O–H groups in total. The van der Waals surface area contributed by atoms with Crippen molar-refractivity contribution >= 4 is 21.9 Å². The van der Waals surface area contributed by atoms with Crippen LogP contribution in [0.5, 0.6) is 11.5 Å². The topological polar surface area (TPSA) is 68.7 Å². The molecule has 6 heteroatoms. The Balaban J connectivity index is 1.77. The summed E-state index contributed by atoms with van der Waals surface area (Å²) in [6, 6.07) is 8.04. The number of hydrogen-bond acceptors (Lipinski definition) is 4. The van der Waals surface area contributed by atoms with Crippen LogP contribution in [0.25, 0.3) is 0 Å². The van der Waals surface area contributed by atoms with Gasteiger partial charge in [0, 0.05) is 10.7 Å². The summed E-state index contributed by atoms with van der Waals surface area (Å²) < 4.78 is 11.7. The number of hydrogen-bond donors (Lipinski definition) is 1. The van der Waals surface area contributed by atoms with E-state index >= 15 is 0 Å². The van der Waals surface area contributed by atoms with E-state index in [9.17, 15) is 4.79 Å². The van der Waals surface area contributed by atoms with Crippen LogP contribution in [-0.2, 0) is 0 Å². The summed E-state index contributed by atoms with van der Waals surface area (Å²) >= 11 is 3.30. The number of nitrogens with zero attached hydrogens (tertiary/aromatic N) is 1. The molecular weight excluding hydrogens is 326 g/mol. The van der Waals surface area contributed by atoms with Crippen molar-refractivity contribution in [3.05, 3.63) is 52.8 Å². The Bertz CT molecular complexity index is 586. The molecule has 1 aromatic carbocycles. The third kappa shape index (κ3) is 4.24. The van der Waals surface area contributed by atoms with Gasteiger partial charge in [-0.05, 0) is 46.3 Å². The van der Waals surface area contributed by atoms with Crippen LogP contribution in [0.15, 0.2) is 47.2 Å². The van der Waals surface area contributed by atoms with Gasteiger partial charge in [0.2, 0.25) is 0 Å². The van der Waals surface area contributed by atoms with Gasteiger partial charge in [0.15, 0.2) is 0 Å². The van der Waals surface area contributed by atoms with E-state index in [2.05, 4.69) is 20.9 Å². The zero-order valence-corrected chi connectivity index (χ0v) is 12.0. The number of rotatable bonds is 6. The van der Waals surface area contributed by atoms with E-state index in [-0.39, 0.29) is 5.56 Å². The number of benzene rings is 1. The fourth-order valence-electron chi connectivity index (χ4n) is 1.48. The average Bonchev–Trinajstić information content (AvgIpc) is 2.44. The van der Waals surface area contributed by atoms with Gasteiger partial charge in [-0.3, -0.25) is 4.98 Å². The van der Waals surface area contributed by atoms with Gasteiger partial charge in [-0.2, -0.15) is 0 Å². The summed E-state index contributed by atoms with van der Waals surface area (Å²) in [6.45, 7) is 0.734. The maximum atomic E-state index is 10.7. The van der Waals surface area contributed by atoms with E-state index < -0.39 is 5.97 Å². The Morgan fingerprint density at radius 1 is 1.10 bits per heavy atom. The highest BCUT2D eigenvalue weighted by molar-refractivity contribution is 9.10. The number of aromatic carboxylic acids is 1. The summed E-state index contributed by atoms with van der Waals surface area (Å²) in [6.07, 6.45) is 3.29. The van der Waals surface area contributed by atoms with E-state index in [1.165, 1.54) is 12.1 Å². The molecule has 20 heavy (non-hydrogen) atoms. The first-order valence-electron chi connectivity index (χ1n) is 5.84. The molecule has 0 atom stereocenters. The summed E-state index contributed by atoms with van der Waals surface area (Å²) in [5.41, 5.74) is 0.230. The zero-order chi connectivity index (χ0) is 14.4. The van der Waals surface area contributed by atoms with Crippen LogP contribution >= 0.6 is 15.9 Å². The molecule has 0 amide bonds. The maximum absolute atomic E-state index is 10.7. The quantitative estimate of drug-likeness (QED) is 0.820. The molecule has 1 aromatic heterocycles. The summed E-state index contributed by atoms with van der Waals surface area (Å²) in [4.78, 5) is 14.7. The number of ether oxygens (including phenoxy) is 2. The molecule has 2 rings (SSSR count). The molecule has 0 fully saturated rings. The summed E-state index contributed by atoms with van der Waals surface area (Å²) in [5.74, 6) is 0.303. The van der Waals surface area contributed by atoms with Crippen LogP contribution in [0.3, 0.4) is 0 Å². The van der Waals surface area contributed by atoms with E-state index in [0.29, 0.717) is 24.7 Å². The molecule has 2 aromatic rings. The first kappa shape index (κ1) is 14.3. The Hall–Kier alpha value is -2.08. The molecule has 0 saturated heterocycles. The summed E-state index contributed by atoms with van der Waals surface area (Å²) in [5, 5.41) is 8.77. The van der Waals surface area contributed by atoms with Gasteiger partial charge in [-0.25, -0.2) is 4.79 Å². The third-order valence-electron chi connectivity index (χ3n) is 2.40. The molecule has 1 heterocycles. The molecule has 0 spiro atoms. The van der Waals surface area contributed by atoms with E-state index in [1.54, 1.807) is 24.5 Å². The van der Waals surface area contributed by atoms with Crippen molar-refractivity contribution in [1.29, 1.82) is 0 Å². The van der Waals surface area contributed by atoms with Crippen LogP contribution in [-0.4, -0.2) is 29.3 Å². The average molecular weight is 338 g/mol. The monoisotopic (exact) mass is 337 g/mol. The van der Waals surface area contributed by atoms with Crippen molar-refractivity contribution in [2.45, 2.75) is 0 Å². The lowest BCUT2D eigenvalue weighted by molar-refractivity contribution is 0.0697. The number of carboxylic acids is 1. The van der Waals surface area contributed by atoms with Crippen LogP contribution < -0.4 is 9.47 Å². The Kier molecular flexibility index (Phi) is 4.95. The molecule has 0 saturated carbocycles. The molecule has 5 nitrogen and oxygen atoms in total. The highest BCUT2D eigenvalue weighted by Crippen LogP contribution is 2.16. The minimum absolute atomic E-state index is 0.230. The second kappa shape index (κ2) is 6.91. The van der Waals surface area contributed by atoms with Gasteiger partial charge >= 0.3 is 5.97 Å². The molecule has 0 aliphatic heterocycles. The first-order valence-corrected chi connectivity index (χ1v) is 6.64. The second-order valence-electron chi connectivity index (χ2n) is 3.87. The van der Waals surface area contributed by atoms with Crippen molar-refractivity contribution in [3.63, 3.8) is 0 Å². The fraction of sp³-hybridized carbons (Fsp3) is 0.143. The summed E-state index contributed by atoms with van der Waals surface area (Å²) in [7, 11) is 0. The van der Waals surface area contributed by atoms with E-state index in [1.807, 2.05) is 6.07 Å². The van der Waals surface area contributed by atoms with Crippen molar-refractivity contribution in [2.75, 3.05) is 13.2 Å². The largest absolute Gasteiger partial charge is 0.490 e.